The van der Waals surface area contributed by atoms with E-state index in [1.165, 1.54) is 0 Å². The molecule has 0 fully saturated rings. The highest BCUT2D eigenvalue weighted by Crippen LogP contribution is 2.26. The van der Waals surface area contributed by atoms with E-state index in [-0.39, 0.29) is 16.4 Å². The van der Waals surface area contributed by atoms with Crippen molar-refractivity contribution in [3.63, 3.8) is 0 Å². The Morgan fingerprint density at radius 2 is 2.11 bits per heavy atom. The van der Waals surface area contributed by atoms with E-state index < -0.39 is 23.8 Å². The number of hydrogen-bond donors (Lipinski definition) is 1. The molecule has 0 saturated carbocycles. The Morgan fingerprint density at radius 1 is 1.47 bits per heavy atom. The van der Waals surface area contributed by atoms with Crippen LogP contribution in [0.15, 0.2) is 18.2 Å². The standard InChI is InChI=1S/C9H6ClF3N2O4/c10-6-3-5(15(17)18)1-2-7(6)14-8(16)19-4-9(11,12)13/h1-3H,4H2,(H,14,16). The molecule has 0 heterocycles. The summed E-state index contributed by atoms with van der Waals surface area (Å²) < 4.78 is 39.2. The first-order valence-corrected chi connectivity index (χ1v) is 5.01. The molecule has 1 aromatic rings. The van der Waals surface area contributed by atoms with E-state index in [1.54, 1.807) is 0 Å². The molecule has 6 nitrogen and oxygen atoms in total. The molecule has 1 N–H and O–H groups in total. The zero-order valence-electron chi connectivity index (χ0n) is 9.03. The van der Waals surface area contributed by atoms with Crippen LogP contribution in [0.3, 0.4) is 0 Å². The van der Waals surface area contributed by atoms with Crippen LogP contribution in [0.1, 0.15) is 0 Å². The summed E-state index contributed by atoms with van der Waals surface area (Å²) in [5, 5.41) is 12.1. The number of benzene rings is 1. The molecule has 0 saturated heterocycles. The fraction of sp³-hybridized carbons (Fsp3) is 0.222. The van der Waals surface area contributed by atoms with Crippen molar-refractivity contribution in [1.29, 1.82) is 0 Å². The van der Waals surface area contributed by atoms with Gasteiger partial charge in [0.25, 0.3) is 5.69 Å². The van der Waals surface area contributed by atoms with Crippen LogP contribution in [0, 0.1) is 10.1 Å². The lowest BCUT2D eigenvalue weighted by atomic mass is 10.3. The maximum Gasteiger partial charge on any atom is 0.422 e. The van der Waals surface area contributed by atoms with Gasteiger partial charge in [-0.2, -0.15) is 13.2 Å². The van der Waals surface area contributed by atoms with Gasteiger partial charge in [0.2, 0.25) is 0 Å². The summed E-state index contributed by atoms with van der Waals surface area (Å²) >= 11 is 5.61. The number of carbonyl (C=O) groups excluding carboxylic acids is 1. The minimum atomic E-state index is -4.64. The minimum absolute atomic E-state index is 0.0977. The number of anilines is 1. The molecule has 104 valence electrons. The summed E-state index contributed by atoms with van der Waals surface area (Å²) in [6, 6.07) is 3.06. The fourth-order valence-corrected chi connectivity index (χ4v) is 1.23. The van der Waals surface area contributed by atoms with Gasteiger partial charge in [-0.05, 0) is 6.07 Å². The summed E-state index contributed by atoms with van der Waals surface area (Å²) in [6.07, 6.45) is -6.01. The quantitative estimate of drug-likeness (QED) is 0.685. The van der Waals surface area contributed by atoms with E-state index in [0.717, 1.165) is 18.2 Å². The summed E-state index contributed by atoms with van der Waals surface area (Å²) in [4.78, 5) is 20.7. The minimum Gasteiger partial charge on any atom is -0.440 e. The Bertz CT molecular complexity index is 507. The third-order valence-electron chi connectivity index (χ3n) is 1.77. The molecule has 0 aliphatic heterocycles. The maximum absolute atomic E-state index is 11.8. The normalized spacial score (nSPS) is 10.9. The number of nitro benzene ring substituents is 1. The van der Waals surface area contributed by atoms with Crippen LogP contribution in [-0.4, -0.2) is 23.8 Å². The Morgan fingerprint density at radius 3 is 2.58 bits per heavy atom. The van der Waals surface area contributed by atoms with Crippen molar-refractivity contribution in [1.82, 2.24) is 0 Å². The molecule has 0 bridgehead atoms. The van der Waals surface area contributed by atoms with Crippen LogP contribution in [0.5, 0.6) is 0 Å². The predicted molar refractivity (Wildman–Crippen MR) is 59.1 cm³/mol. The van der Waals surface area contributed by atoms with Crippen molar-refractivity contribution in [2.24, 2.45) is 0 Å². The van der Waals surface area contributed by atoms with Crippen molar-refractivity contribution in [3.8, 4) is 0 Å². The largest absolute Gasteiger partial charge is 0.440 e. The molecule has 0 unspecified atom stereocenters. The Kier molecular flexibility index (Phi) is 4.54. The van der Waals surface area contributed by atoms with E-state index in [0.29, 0.717) is 0 Å². The molecule has 1 rings (SSSR count). The molecule has 10 heteroatoms. The van der Waals surface area contributed by atoms with Gasteiger partial charge in [-0.25, -0.2) is 4.79 Å². The van der Waals surface area contributed by atoms with Gasteiger partial charge in [0.15, 0.2) is 6.61 Å². The van der Waals surface area contributed by atoms with Crippen LogP contribution >= 0.6 is 11.6 Å². The SMILES string of the molecule is O=C(Nc1ccc([N+](=O)[O-])cc1Cl)OCC(F)(F)F. The second-order valence-electron chi connectivity index (χ2n) is 3.24. The van der Waals surface area contributed by atoms with Crippen LogP contribution < -0.4 is 5.32 Å². The van der Waals surface area contributed by atoms with Crippen LogP contribution in [0.4, 0.5) is 29.3 Å². The number of non-ortho nitro benzene ring substituents is 1. The van der Waals surface area contributed by atoms with Gasteiger partial charge in [-0.15, -0.1) is 0 Å². The first-order valence-electron chi connectivity index (χ1n) is 4.63. The van der Waals surface area contributed by atoms with Crippen molar-refractivity contribution in [3.05, 3.63) is 33.3 Å². The van der Waals surface area contributed by atoms with Gasteiger partial charge in [0.1, 0.15) is 0 Å². The lowest BCUT2D eigenvalue weighted by molar-refractivity contribution is -0.384. The highest BCUT2D eigenvalue weighted by Gasteiger charge is 2.29. The van der Waals surface area contributed by atoms with E-state index in [9.17, 15) is 28.1 Å². The maximum atomic E-state index is 11.8. The van der Waals surface area contributed by atoms with Crippen molar-refractivity contribution in [2.45, 2.75) is 6.18 Å². The predicted octanol–water partition coefficient (Wildman–Crippen LogP) is 3.36. The number of halogens is 4. The molecule has 0 radical (unpaired) electrons. The van der Waals surface area contributed by atoms with Gasteiger partial charge in [-0.3, -0.25) is 15.4 Å². The molecule has 0 aromatic heterocycles. The number of alkyl halides is 3. The number of ether oxygens (including phenoxy) is 1. The number of nitrogens with zero attached hydrogens (tertiary/aromatic N) is 1. The first-order chi connectivity index (χ1) is 8.69. The number of amides is 1. The van der Waals surface area contributed by atoms with Gasteiger partial charge in [0, 0.05) is 12.1 Å². The summed E-state index contributed by atoms with van der Waals surface area (Å²) in [5.74, 6) is 0. The van der Waals surface area contributed by atoms with Crippen LogP contribution in [0.25, 0.3) is 0 Å². The molecule has 0 aliphatic carbocycles. The van der Waals surface area contributed by atoms with Crippen molar-refractivity contribution >= 4 is 29.1 Å². The molecule has 0 spiro atoms. The smallest absolute Gasteiger partial charge is 0.422 e. The Balaban J connectivity index is 2.67. The zero-order chi connectivity index (χ0) is 14.6. The van der Waals surface area contributed by atoms with E-state index in [1.807, 2.05) is 5.32 Å². The topological polar surface area (TPSA) is 81.5 Å². The van der Waals surface area contributed by atoms with E-state index >= 15 is 0 Å². The third-order valence-corrected chi connectivity index (χ3v) is 2.08. The second-order valence-corrected chi connectivity index (χ2v) is 3.64. The molecule has 19 heavy (non-hydrogen) atoms. The molecule has 0 atom stereocenters. The lowest BCUT2D eigenvalue weighted by Crippen LogP contribution is -2.23. The molecular weight excluding hydrogens is 293 g/mol. The van der Waals surface area contributed by atoms with Gasteiger partial charge in [-0.1, -0.05) is 11.6 Å². The van der Waals surface area contributed by atoms with Crippen molar-refractivity contribution < 1.29 is 27.6 Å². The fourth-order valence-electron chi connectivity index (χ4n) is 1.01. The molecule has 0 aliphatic rings. The second kappa shape index (κ2) is 5.74. The average molecular weight is 299 g/mol. The highest BCUT2D eigenvalue weighted by molar-refractivity contribution is 6.33. The Hall–Kier alpha value is -2.03. The molecule has 1 amide bonds. The average Bonchev–Trinajstić information content (AvgIpc) is 2.28. The number of carbonyl (C=O) groups is 1. The number of rotatable bonds is 3. The summed E-state index contributed by atoms with van der Waals surface area (Å²) in [6.45, 7) is -1.75. The molecular formula is C9H6ClF3N2O4. The van der Waals surface area contributed by atoms with Crippen molar-refractivity contribution in [2.75, 3.05) is 11.9 Å². The highest BCUT2D eigenvalue weighted by atomic mass is 35.5. The summed E-state index contributed by atoms with van der Waals surface area (Å²) in [5.41, 5.74) is -0.418. The van der Waals surface area contributed by atoms with Crippen LogP contribution in [0.2, 0.25) is 5.02 Å². The van der Waals surface area contributed by atoms with Gasteiger partial charge < -0.3 is 4.74 Å². The molecule has 1 aromatic carbocycles. The zero-order valence-corrected chi connectivity index (χ0v) is 9.79. The number of hydrogen-bond acceptors (Lipinski definition) is 4. The van der Waals surface area contributed by atoms with Gasteiger partial charge >= 0.3 is 12.3 Å². The van der Waals surface area contributed by atoms with E-state index in [2.05, 4.69) is 4.74 Å². The Labute approximate surface area is 109 Å². The number of nitro groups is 1. The third kappa shape index (κ3) is 5.00. The monoisotopic (exact) mass is 298 g/mol. The number of nitrogens with one attached hydrogen (secondary N) is 1. The summed E-state index contributed by atoms with van der Waals surface area (Å²) in [7, 11) is 0. The van der Waals surface area contributed by atoms with Gasteiger partial charge in [0.05, 0.1) is 15.6 Å². The van der Waals surface area contributed by atoms with Crippen LogP contribution in [-0.2, 0) is 4.74 Å². The van der Waals surface area contributed by atoms with E-state index in [4.69, 9.17) is 11.6 Å². The lowest BCUT2D eigenvalue weighted by Gasteiger charge is -2.09. The first kappa shape index (κ1) is 15.0.